The van der Waals surface area contributed by atoms with Gasteiger partial charge in [0.2, 0.25) is 11.2 Å². The van der Waals surface area contributed by atoms with Crippen molar-refractivity contribution in [3.05, 3.63) is 41.2 Å². The lowest BCUT2D eigenvalue weighted by atomic mass is 9.46. The number of hydrogen-bond acceptors (Lipinski definition) is 3. The van der Waals surface area contributed by atoms with Gasteiger partial charge in [0.1, 0.15) is 12.1 Å². The first-order valence-corrected chi connectivity index (χ1v) is 9.91. The van der Waals surface area contributed by atoms with Crippen LogP contribution < -0.4 is 5.32 Å². The molecule has 27 heavy (non-hydrogen) atoms. The highest BCUT2D eigenvalue weighted by atomic mass is 35.5. The summed E-state index contributed by atoms with van der Waals surface area (Å²) in [5.74, 6) is 0.526. The molecule has 1 aromatic carbocycles. The zero-order chi connectivity index (χ0) is 18.8. The maximum absolute atomic E-state index is 14.2. The lowest BCUT2D eigenvalue weighted by Crippen LogP contribution is -2.60. The number of rotatable bonds is 3. The summed E-state index contributed by atoms with van der Waals surface area (Å²) in [5, 5.41) is 7.52. The SMILES string of the molecule is Cc1ccc(F)c(NC(=O)C23C[C@H]4C[C@@H](C2)CC(n2cnc(Cl)n2)(C4)C3)c1. The largest absolute Gasteiger partial charge is 0.323 e. The van der Waals surface area contributed by atoms with E-state index in [1.807, 2.05) is 11.6 Å². The molecule has 7 heteroatoms. The summed E-state index contributed by atoms with van der Waals surface area (Å²) in [6.07, 6.45) is 7.33. The molecule has 5 nitrogen and oxygen atoms in total. The Hall–Kier alpha value is -1.95. The highest BCUT2D eigenvalue weighted by Crippen LogP contribution is 2.64. The lowest BCUT2D eigenvalue weighted by molar-refractivity contribution is -0.150. The van der Waals surface area contributed by atoms with Crippen molar-refractivity contribution in [2.75, 3.05) is 5.32 Å². The van der Waals surface area contributed by atoms with Gasteiger partial charge in [-0.15, -0.1) is 5.10 Å². The molecular weight excluding hydrogens is 367 g/mol. The van der Waals surface area contributed by atoms with Crippen LogP contribution in [0.3, 0.4) is 0 Å². The standard InChI is InChI=1S/C20H22ClFN4O/c1-12-2-3-15(22)16(4-12)24-17(27)19-6-13-5-14(7-19)9-20(8-13,10-19)26-11-23-18(21)25-26/h2-4,11,13-14H,5-10H2,1H3,(H,24,27)/t13-,14+,19?,20?. The molecule has 1 aromatic heterocycles. The second-order valence-electron chi connectivity index (χ2n) is 8.86. The fourth-order valence-corrected chi connectivity index (χ4v) is 6.33. The van der Waals surface area contributed by atoms with E-state index in [1.165, 1.54) is 6.07 Å². The molecule has 4 saturated carbocycles. The van der Waals surface area contributed by atoms with E-state index in [2.05, 4.69) is 15.4 Å². The van der Waals surface area contributed by atoms with Crippen molar-refractivity contribution >= 4 is 23.2 Å². The fraction of sp³-hybridized carbons (Fsp3) is 0.550. The molecule has 4 aliphatic carbocycles. The Morgan fingerprint density at radius 3 is 2.70 bits per heavy atom. The molecule has 4 fully saturated rings. The van der Waals surface area contributed by atoms with Crippen LogP contribution in [0.2, 0.25) is 5.28 Å². The predicted octanol–water partition coefficient (Wildman–Crippen LogP) is 4.31. The molecule has 0 radical (unpaired) electrons. The van der Waals surface area contributed by atoms with Gasteiger partial charge < -0.3 is 5.32 Å². The van der Waals surface area contributed by atoms with Crippen molar-refractivity contribution in [1.29, 1.82) is 0 Å². The van der Waals surface area contributed by atoms with Crippen LogP contribution in [0.25, 0.3) is 0 Å². The fourth-order valence-electron chi connectivity index (χ4n) is 6.21. The monoisotopic (exact) mass is 388 g/mol. The number of nitrogens with one attached hydrogen (secondary N) is 1. The van der Waals surface area contributed by atoms with Crippen LogP contribution in [0.15, 0.2) is 24.5 Å². The van der Waals surface area contributed by atoms with Crippen LogP contribution in [-0.2, 0) is 10.3 Å². The molecule has 2 aromatic rings. The van der Waals surface area contributed by atoms with E-state index in [1.54, 1.807) is 18.5 Å². The van der Waals surface area contributed by atoms with E-state index in [0.29, 0.717) is 18.3 Å². The molecular formula is C20H22ClFN4O. The van der Waals surface area contributed by atoms with Crippen molar-refractivity contribution in [2.24, 2.45) is 17.3 Å². The number of carbonyl (C=O) groups excluding carboxylic acids is 1. The van der Waals surface area contributed by atoms with Gasteiger partial charge in [0.25, 0.3) is 0 Å². The van der Waals surface area contributed by atoms with Gasteiger partial charge in [-0.25, -0.2) is 14.1 Å². The molecule has 2 unspecified atom stereocenters. The van der Waals surface area contributed by atoms with E-state index in [-0.39, 0.29) is 22.4 Å². The van der Waals surface area contributed by atoms with Crippen molar-refractivity contribution in [3.63, 3.8) is 0 Å². The topological polar surface area (TPSA) is 59.8 Å². The van der Waals surface area contributed by atoms with Crippen molar-refractivity contribution < 1.29 is 9.18 Å². The summed E-state index contributed by atoms with van der Waals surface area (Å²) in [4.78, 5) is 17.5. The molecule has 6 rings (SSSR count). The van der Waals surface area contributed by atoms with Gasteiger partial charge in [-0.3, -0.25) is 4.79 Å². The third kappa shape index (κ3) is 2.68. The van der Waals surface area contributed by atoms with Crippen LogP contribution >= 0.6 is 11.6 Å². The summed E-state index contributed by atoms with van der Waals surface area (Å²) in [7, 11) is 0. The lowest BCUT2D eigenvalue weighted by Gasteiger charge is -2.60. The van der Waals surface area contributed by atoms with Gasteiger partial charge in [0.15, 0.2) is 0 Å². The van der Waals surface area contributed by atoms with Crippen LogP contribution in [0.4, 0.5) is 10.1 Å². The summed E-state index contributed by atoms with van der Waals surface area (Å²) in [6.45, 7) is 1.89. The first kappa shape index (κ1) is 17.2. The van der Waals surface area contributed by atoms with Gasteiger partial charge in [0, 0.05) is 0 Å². The van der Waals surface area contributed by atoms with Gasteiger partial charge in [0.05, 0.1) is 16.6 Å². The van der Waals surface area contributed by atoms with Crippen molar-refractivity contribution in [3.8, 4) is 0 Å². The van der Waals surface area contributed by atoms with Crippen LogP contribution in [0.1, 0.15) is 44.1 Å². The molecule has 1 amide bonds. The molecule has 4 aliphatic rings. The van der Waals surface area contributed by atoms with E-state index < -0.39 is 11.2 Å². The average molecular weight is 389 g/mol. The van der Waals surface area contributed by atoms with Crippen molar-refractivity contribution in [1.82, 2.24) is 14.8 Å². The zero-order valence-electron chi connectivity index (χ0n) is 15.2. The normalized spacial score (nSPS) is 34.0. The number of benzene rings is 1. The Morgan fingerprint density at radius 1 is 1.30 bits per heavy atom. The summed E-state index contributed by atoms with van der Waals surface area (Å²) in [5.41, 5.74) is 0.519. The Balaban J connectivity index is 1.48. The Kier molecular flexibility index (Phi) is 3.67. The number of carbonyl (C=O) groups is 1. The molecule has 0 spiro atoms. The van der Waals surface area contributed by atoms with Gasteiger partial charge in [-0.1, -0.05) is 6.07 Å². The molecule has 4 bridgehead atoms. The minimum absolute atomic E-state index is 0.0586. The van der Waals surface area contributed by atoms with Gasteiger partial charge in [-0.05, 0) is 86.6 Å². The minimum atomic E-state index is -0.474. The maximum Gasteiger partial charge on any atom is 0.242 e. The Bertz CT molecular complexity index is 912. The Labute approximate surface area is 162 Å². The molecule has 1 N–H and O–H groups in total. The van der Waals surface area contributed by atoms with E-state index in [9.17, 15) is 9.18 Å². The molecule has 1 heterocycles. The predicted molar refractivity (Wildman–Crippen MR) is 99.9 cm³/mol. The van der Waals surface area contributed by atoms with Crippen LogP contribution in [0, 0.1) is 30.0 Å². The quantitative estimate of drug-likeness (QED) is 0.852. The van der Waals surface area contributed by atoms with E-state index in [0.717, 1.165) is 37.7 Å². The summed E-state index contributed by atoms with van der Waals surface area (Å²) >= 11 is 5.97. The zero-order valence-corrected chi connectivity index (χ0v) is 16.0. The third-order valence-corrected chi connectivity index (χ3v) is 7.01. The number of amides is 1. The number of anilines is 1. The second kappa shape index (κ2) is 5.77. The van der Waals surface area contributed by atoms with E-state index in [4.69, 9.17) is 11.6 Å². The van der Waals surface area contributed by atoms with Crippen LogP contribution in [-0.4, -0.2) is 20.7 Å². The van der Waals surface area contributed by atoms with E-state index >= 15 is 0 Å². The summed E-state index contributed by atoms with van der Waals surface area (Å²) < 4.78 is 16.1. The third-order valence-electron chi connectivity index (χ3n) is 6.83. The second-order valence-corrected chi connectivity index (χ2v) is 9.20. The number of aromatic nitrogens is 3. The van der Waals surface area contributed by atoms with Gasteiger partial charge in [-0.2, -0.15) is 0 Å². The highest BCUT2D eigenvalue weighted by molar-refractivity contribution is 6.28. The maximum atomic E-state index is 14.2. The smallest absolute Gasteiger partial charge is 0.242 e. The molecule has 0 aliphatic heterocycles. The number of halogens is 2. The average Bonchev–Trinajstić information content (AvgIpc) is 3.04. The number of hydrogen-bond donors (Lipinski definition) is 1. The number of aryl methyl sites for hydroxylation is 1. The molecule has 4 atom stereocenters. The van der Waals surface area contributed by atoms with Crippen LogP contribution in [0.5, 0.6) is 0 Å². The first-order chi connectivity index (χ1) is 12.9. The van der Waals surface area contributed by atoms with Gasteiger partial charge >= 0.3 is 0 Å². The Morgan fingerprint density at radius 2 is 2.04 bits per heavy atom. The summed E-state index contributed by atoms with van der Waals surface area (Å²) in [6, 6.07) is 4.81. The minimum Gasteiger partial charge on any atom is -0.323 e. The number of nitrogens with zero attached hydrogens (tertiary/aromatic N) is 3. The first-order valence-electron chi connectivity index (χ1n) is 9.53. The van der Waals surface area contributed by atoms with Crippen molar-refractivity contribution in [2.45, 2.75) is 51.0 Å². The molecule has 0 saturated heterocycles. The molecule has 142 valence electrons. The highest BCUT2D eigenvalue weighted by Gasteiger charge is 2.61.